The zero-order valence-corrected chi connectivity index (χ0v) is 12.7. The van der Waals surface area contributed by atoms with Crippen molar-refractivity contribution in [2.45, 2.75) is 13.8 Å². The molecule has 0 radical (unpaired) electrons. The first-order valence-corrected chi connectivity index (χ1v) is 7.28. The number of carbonyl (C=O) groups excluding carboxylic acids is 1. The zero-order valence-electron chi connectivity index (χ0n) is 12.7. The van der Waals surface area contributed by atoms with Gasteiger partial charge in [-0.15, -0.1) is 0 Å². The van der Waals surface area contributed by atoms with Crippen LogP contribution in [0.1, 0.15) is 22.0 Å². The van der Waals surface area contributed by atoms with E-state index in [0.29, 0.717) is 34.0 Å². The highest BCUT2D eigenvalue weighted by Crippen LogP contribution is 2.26. The molecule has 0 aliphatic carbocycles. The van der Waals surface area contributed by atoms with Crippen molar-refractivity contribution in [1.82, 2.24) is 4.98 Å². The summed E-state index contributed by atoms with van der Waals surface area (Å²) in [6, 6.07) is 12.9. The van der Waals surface area contributed by atoms with E-state index >= 15 is 0 Å². The van der Waals surface area contributed by atoms with Crippen molar-refractivity contribution in [3.8, 4) is 0 Å². The summed E-state index contributed by atoms with van der Waals surface area (Å²) < 4.78 is 11.1. The van der Waals surface area contributed by atoms with E-state index in [1.54, 1.807) is 25.1 Å². The second-order valence-electron chi connectivity index (χ2n) is 5.42. The molecular formula is C18H14N2O3. The van der Waals surface area contributed by atoms with E-state index in [2.05, 4.69) is 10.3 Å². The number of aromatic nitrogens is 1. The maximum Gasteiger partial charge on any atom is 0.291 e. The standard InChI is InChI=1S/C18H14N2O3/c1-10-13-5-3-4-6-15(13)23-17(10)18(21)20-12-7-8-16-14(9-12)19-11(2)22-16/h3-9H,1-2H3,(H,20,21). The van der Waals surface area contributed by atoms with E-state index in [1.807, 2.05) is 31.2 Å². The molecule has 23 heavy (non-hydrogen) atoms. The largest absolute Gasteiger partial charge is 0.451 e. The van der Waals surface area contributed by atoms with Gasteiger partial charge in [-0.3, -0.25) is 4.79 Å². The molecule has 0 aliphatic heterocycles. The maximum absolute atomic E-state index is 12.5. The summed E-state index contributed by atoms with van der Waals surface area (Å²) in [6.45, 7) is 3.67. The minimum absolute atomic E-state index is 0.279. The predicted molar refractivity (Wildman–Crippen MR) is 87.7 cm³/mol. The molecule has 0 saturated heterocycles. The Bertz CT molecular complexity index is 1040. The number of nitrogens with zero attached hydrogens (tertiary/aromatic N) is 1. The molecule has 0 atom stereocenters. The molecule has 0 spiro atoms. The summed E-state index contributed by atoms with van der Waals surface area (Å²) in [4.78, 5) is 16.8. The minimum Gasteiger partial charge on any atom is -0.451 e. The number of rotatable bonds is 2. The first kappa shape index (κ1) is 13.6. The summed E-state index contributed by atoms with van der Waals surface area (Å²) >= 11 is 0. The van der Waals surface area contributed by atoms with Gasteiger partial charge in [0.15, 0.2) is 17.2 Å². The highest BCUT2D eigenvalue weighted by molar-refractivity contribution is 6.06. The number of amides is 1. The molecule has 2 aromatic carbocycles. The fourth-order valence-electron chi connectivity index (χ4n) is 2.70. The second kappa shape index (κ2) is 4.98. The Labute approximate surface area is 131 Å². The predicted octanol–water partition coefficient (Wildman–Crippen LogP) is 4.44. The Hall–Kier alpha value is -3.08. The Morgan fingerprint density at radius 1 is 1.04 bits per heavy atom. The van der Waals surface area contributed by atoms with Crippen molar-refractivity contribution in [3.05, 3.63) is 59.7 Å². The lowest BCUT2D eigenvalue weighted by Gasteiger charge is -2.03. The van der Waals surface area contributed by atoms with Crippen LogP contribution in [0.4, 0.5) is 5.69 Å². The number of furan rings is 1. The van der Waals surface area contributed by atoms with Gasteiger partial charge in [-0.25, -0.2) is 4.98 Å². The number of oxazole rings is 1. The molecule has 0 saturated carbocycles. The molecule has 0 unspecified atom stereocenters. The van der Waals surface area contributed by atoms with Crippen molar-refractivity contribution in [2.75, 3.05) is 5.32 Å². The van der Waals surface area contributed by atoms with Crippen molar-refractivity contribution in [2.24, 2.45) is 0 Å². The van der Waals surface area contributed by atoms with Gasteiger partial charge >= 0.3 is 0 Å². The fraction of sp³-hybridized carbons (Fsp3) is 0.111. The smallest absolute Gasteiger partial charge is 0.291 e. The molecule has 1 N–H and O–H groups in total. The molecule has 5 nitrogen and oxygen atoms in total. The Kier molecular flexibility index (Phi) is 2.94. The van der Waals surface area contributed by atoms with Crippen LogP contribution < -0.4 is 5.32 Å². The van der Waals surface area contributed by atoms with Gasteiger partial charge in [0.25, 0.3) is 5.91 Å². The van der Waals surface area contributed by atoms with Crippen molar-refractivity contribution < 1.29 is 13.6 Å². The number of carbonyl (C=O) groups is 1. The molecule has 5 heteroatoms. The highest BCUT2D eigenvalue weighted by atomic mass is 16.4. The van der Waals surface area contributed by atoms with Gasteiger partial charge in [0.05, 0.1) is 0 Å². The molecule has 2 aromatic heterocycles. The lowest BCUT2D eigenvalue weighted by Crippen LogP contribution is -2.12. The number of fused-ring (bicyclic) bond motifs is 2. The molecule has 114 valence electrons. The van der Waals surface area contributed by atoms with Gasteiger partial charge in [0.2, 0.25) is 0 Å². The summed E-state index contributed by atoms with van der Waals surface area (Å²) in [5.41, 5.74) is 3.59. The number of anilines is 1. The van der Waals surface area contributed by atoms with Crippen LogP contribution in [0.3, 0.4) is 0 Å². The van der Waals surface area contributed by atoms with Crippen molar-refractivity contribution in [1.29, 1.82) is 0 Å². The maximum atomic E-state index is 12.5. The summed E-state index contributed by atoms with van der Waals surface area (Å²) in [5.74, 6) is 0.637. The molecule has 0 aliphatic rings. The van der Waals surface area contributed by atoms with E-state index in [4.69, 9.17) is 8.83 Å². The second-order valence-corrected chi connectivity index (χ2v) is 5.42. The molecular weight excluding hydrogens is 292 g/mol. The van der Waals surface area contributed by atoms with Gasteiger partial charge in [-0.2, -0.15) is 0 Å². The van der Waals surface area contributed by atoms with Gasteiger partial charge in [0.1, 0.15) is 11.1 Å². The molecule has 2 heterocycles. The van der Waals surface area contributed by atoms with Gasteiger partial charge in [-0.1, -0.05) is 18.2 Å². The van der Waals surface area contributed by atoms with E-state index in [0.717, 1.165) is 10.9 Å². The highest BCUT2D eigenvalue weighted by Gasteiger charge is 2.17. The third kappa shape index (κ3) is 2.26. The number of para-hydroxylation sites is 1. The number of hydrogen-bond donors (Lipinski definition) is 1. The minimum atomic E-state index is -0.279. The monoisotopic (exact) mass is 306 g/mol. The zero-order chi connectivity index (χ0) is 16.0. The molecule has 0 fully saturated rings. The van der Waals surface area contributed by atoms with Crippen LogP contribution in [0.2, 0.25) is 0 Å². The van der Waals surface area contributed by atoms with Crippen LogP contribution in [-0.4, -0.2) is 10.9 Å². The van der Waals surface area contributed by atoms with Crippen LogP contribution in [0.5, 0.6) is 0 Å². The number of aryl methyl sites for hydroxylation is 2. The van der Waals surface area contributed by atoms with Gasteiger partial charge in [0, 0.05) is 23.6 Å². The Balaban J connectivity index is 1.68. The molecule has 1 amide bonds. The van der Waals surface area contributed by atoms with Crippen molar-refractivity contribution in [3.63, 3.8) is 0 Å². The summed E-state index contributed by atoms with van der Waals surface area (Å²) in [6.07, 6.45) is 0. The molecule has 0 bridgehead atoms. The Morgan fingerprint density at radius 2 is 1.87 bits per heavy atom. The van der Waals surface area contributed by atoms with Gasteiger partial charge < -0.3 is 14.2 Å². The van der Waals surface area contributed by atoms with E-state index in [-0.39, 0.29) is 5.91 Å². The quantitative estimate of drug-likeness (QED) is 0.594. The molecule has 4 aromatic rings. The van der Waals surface area contributed by atoms with Gasteiger partial charge in [-0.05, 0) is 31.2 Å². The van der Waals surface area contributed by atoms with E-state index in [1.165, 1.54) is 0 Å². The van der Waals surface area contributed by atoms with Crippen LogP contribution in [0, 0.1) is 13.8 Å². The number of nitrogens with one attached hydrogen (secondary N) is 1. The van der Waals surface area contributed by atoms with Crippen LogP contribution in [-0.2, 0) is 0 Å². The van der Waals surface area contributed by atoms with E-state index < -0.39 is 0 Å². The number of benzene rings is 2. The van der Waals surface area contributed by atoms with E-state index in [9.17, 15) is 4.79 Å². The molecule has 4 rings (SSSR count). The SMILES string of the molecule is Cc1nc2cc(NC(=O)c3oc4ccccc4c3C)ccc2o1. The number of hydrogen-bond acceptors (Lipinski definition) is 4. The first-order chi connectivity index (χ1) is 11.1. The lowest BCUT2D eigenvalue weighted by molar-refractivity contribution is 0.0998. The first-order valence-electron chi connectivity index (χ1n) is 7.28. The normalized spacial score (nSPS) is 11.2. The third-order valence-electron chi connectivity index (χ3n) is 3.80. The third-order valence-corrected chi connectivity index (χ3v) is 3.80. The van der Waals surface area contributed by atoms with Crippen LogP contribution >= 0.6 is 0 Å². The lowest BCUT2D eigenvalue weighted by atomic mass is 10.1. The van der Waals surface area contributed by atoms with Crippen LogP contribution in [0.25, 0.3) is 22.1 Å². The van der Waals surface area contributed by atoms with Crippen LogP contribution in [0.15, 0.2) is 51.3 Å². The van der Waals surface area contributed by atoms with Crippen molar-refractivity contribution >= 4 is 33.7 Å². The average molecular weight is 306 g/mol. The topological polar surface area (TPSA) is 68.3 Å². The average Bonchev–Trinajstić information content (AvgIpc) is 3.07. The summed E-state index contributed by atoms with van der Waals surface area (Å²) in [5, 5.41) is 3.79. The summed E-state index contributed by atoms with van der Waals surface area (Å²) in [7, 11) is 0. The fourth-order valence-corrected chi connectivity index (χ4v) is 2.70. The Morgan fingerprint density at radius 3 is 2.70 bits per heavy atom.